The fraction of sp³-hybridized carbons (Fsp3) is 0.167. The highest BCUT2D eigenvalue weighted by molar-refractivity contribution is 5.93. The fourth-order valence-corrected chi connectivity index (χ4v) is 2.41. The highest BCUT2D eigenvalue weighted by Crippen LogP contribution is 2.29. The van der Waals surface area contributed by atoms with Crippen LogP contribution in [0, 0.1) is 6.92 Å². The van der Waals surface area contributed by atoms with E-state index in [-0.39, 0.29) is 5.63 Å². The fourth-order valence-electron chi connectivity index (χ4n) is 2.41. The minimum absolute atomic E-state index is 0.338. The summed E-state index contributed by atoms with van der Waals surface area (Å²) in [6.45, 7) is 4.61. The lowest BCUT2D eigenvalue weighted by Crippen LogP contribution is -1.98. The standard InChI is InChI=1S/C18H16O3/c1-3-20-14-7-5-13(6-8-14)15-11-18(19)21-17-9-4-12(2)10-16(15)17/h4-11H,3H2,1-2H3. The predicted octanol–water partition coefficient (Wildman–Crippen LogP) is 4.17. The van der Waals surface area contributed by atoms with E-state index in [0.717, 1.165) is 27.8 Å². The topological polar surface area (TPSA) is 39.4 Å². The van der Waals surface area contributed by atoms with Gasteiger partial charge in [0.1, 0.15) is 11.3 Å². The molecule has 1 heterocycles. The molecule has 2 aromatic carbocycles. The molecule has 106 valence electrons. The van der Waals surface area contributed by atoms with Gasteiger partial charge < -0.3 is 9.15 Å². The van der Waals surface area contributed by atoms with E-state index in [4.69, 9.17) is 9.15 Å². The monoisotopic (exact) mass is 280 g/mol. The van der Waals surface area contributed by atoms with Crippen molar-refractivity contribution in [2.75, 3.05) is 6.61 Å². The first-order valence-electron chi connectivity index (χ1n) is 6.95. The molecule has 0 N–H and O–H groups in total. The van der Waals surface area contributed by atoms with E-state index < -0.39 is 0 Å². The molecule has 0 atom stereocenters. The normalized spacial score (nSPS) is 10.8. The second kappa shape index (κ2) is 5.44. The van der Waals surface area contributed by atoms with Crippen LogP contribution in [0.5, 0.6) is 5.75 Å². The maximum Gasteiger partial charge on any atom is 0.336 e. The highest BCUT2D eigenvalue weighted by atomic mass is 16.5. The summed E-state index contributed by atoms with van der Waals surface area (Å²) >= 11 is 0. The minimum Gasteiger partial charge on any atom is -0.494 e. The van der Waals surface area contributed by atoms with Gasteiger partial charge in [-0.15, -0.1) is 0 Å². The third kappa shape index (κ3) is 2.68. The summed E-state index contributed by atoms with van der Waals surface area (Å²) in [4.78, 5) is 11.7. The van der Waals surface area contributed by atoms with Crippen molar-refractivity contribution < 1.29 is 9.15 Å². The Bertz CT molecular complexity index is 829. The van der Waals surface area contributed by atoms with Crippen molar-refractivity contribution in [3.05, 3.63) is 64.5 Å². The molecule has 3 nitrogen and oxygen atoms in total. The molecule has 0 bridgehead atoms. The Labute approximate surface area is 122 Å². The number of hydrogen-bond acceptors (Lipinski definition) is 3. The summed E-state index contributed by atoms with van der Waals surface area (Å²) in [5.41, 5.74) is 3.26. The number of fused-ring (bicyclic) bond motifs is 1. The van der Waals surface area contributed by atoms with Crippen LogP contribution >= 0.6 is 0 Å². The second-order valence-corrected chi connectivity index (χ2v) is 4.94. The van der Waals surface area contributed by atoms with Gasteiger partial charge in [-0.25, -0.2) is 4.79 Å². The van der Waals surface area contributed by atoms with Crippen molar-refractivity contribution in [2.45, 2.75) is 13.8 Å². The molecule has 1 aromatic heterocycles. The van der Waals surface area contributed by atoms with Gasteiger partial charge >= 0.3 is 5.63 Å². The Hall–Kier alpha value is -2.55. The number of benzene rings is 2. The minimum atomic E-state index is -0.338. The average molecular weight is 280 g/mol. The van der Waals surface area contributed by atoms with Gasteiger partial charge in [-0.2, -0.15) is 0 Å². The number of rotatable bonds is 3. The summed E-state index contributed by atoms with van der Waals surface area (Å²) in [5, 5.41) is 0.943. The van der Waals surface area contributed by atoms with Gasteiger partial charge in [-0.3, -0.25) is 0 Å². The Morgan fingerprint density at radius 3 is 2.52 bits per heavy atom. The van der Waals surface area contributed by atoms with Crippen LogP contribution in [-0.4, -0.2) is 6.61 Å². The molecule has 0 aliphatic rings. The van der Waals surface area contributed by atoms with Gasteiger partial charge in [0.15, 0.2) is 0 Å². The van der Waals surface area contributed by atoms with E-state index in [1.54, 1.807) is 0 Å². The number of ether oxygens (including phenoxy) is 1. The molecular weight excluding hydrogens is 264 g/mol. The van der Waals surface area contributed by atoms with Crippen LogP contribution in [0.1, 0.15) is 12.5 Å². The van der Waals surface area contributed by atoms with E-state index in [1.165, 1.54) is 6.07 Å². The maximum atomic E-state index is 11.7. The quantitative estimate of drug-likeness (QED) is 0.676. The third-order valence-electron chi connectivity index (χ3n) is 3.37. The summed E-state index contributed by atoms with van der Waals surface area (Å²) < 4.78 is 10.7. The molecule has 0 saturated heterocycles. The van der Waals surface area contributed by atoms with Crippen LogP contribution in [0.3, 0.4) is 0 Å². The van der Waals surface area contributed by atoms with Crippen molar-refractivity contribution in [1.29, 1.82) is 0 Å². The van der Waals surface area contributed by atoms with Gasteiger partial charge in [0.25, 0.3) is 0 Å². The van der Waals surface area contributed by atoms with Crippen LogP contribution in [0.15, 0.2) is 57.7 Å². The summed E-state index contributed by atoms with van der Waals surface area (Å²) in [6.07, 6.45) is 0. The SMILES string of the molecule is CCOc1ccc(-c2cc(=O)oc3ccc(C)cc23)cc1. The van der Waals surface area contributed by atoms with E-state index in [0.29, 0.717) is 12.2 Å². The van der Waals surface area contributed by atoms with Gasteiger partial charge in [-0.05, 0) is 49.2 Å². The molecule has 0 radical (unpaired) electrons. The lowest BCUT2D eigenvalue weighted by molar-refractivity contribution is 0.340. The van der Waals surface area contributed by atoms with Gasteiger partial charge in [-0.1, -0.05) is 23.8 Å². The smallest absolute Gasteiger partial charge is 0.336 e. The van der Waals surface area contributed by atoms with Crippen molar-refractivity contribution in [1.82, 2.24) is 0 Å². The Balaban J connectivity index is 2.18. The summed E-state index contributed by atoms with van der Waals surface area (Å²) in [6, 6.07) is 15.1. The van der Waals surface area contributed by atoms with Crippen molar-refractivity contribution >= 4 is 11.0 Å². The van der Waals surface area contributed by atoms with Gasteiger partial charge in [0.05, 0.1) is 6.61 Å². The summed E-state index contributed by atoms with van der Waals surface area (Å²) in [7, 11) is 0. The van der Waals surface area contributed by atoms with Gasteiger partial charge in [0.2, 0.25) is 0 Å². The van der Waals surface area contributed by atoms with Gasteiger partial charge in [0, 0.05) is 11.5 Å². The van der Waals surface area contributed by atoms with Crippen LogP contribution in [-0.2, 0) is 0 Å². The molecule has 0 unspecified atom stereocenters. The zero-order valence-electron chi connectivity index (χ0n) is 12.1. The molecule has 3 heteroatoms. The molecule has 0 amide bonds. The zero-order chi connectivity index (χ0) is 14.8. The van der Waals surface area contributed by atoms with E-state index >= 15 is 0 Å². The molecule has 0 aliphatic heterocycles. The van der Waals surface area contributed by atoms with E-state index in [1.807, 2.05) is 56.3 Å². The Morgan fingerprint density at radius 1 is 1.05 bits per heavy atom. The van der Waals surface area contributed by atoms with Crippen LogP contribution < -0.4 is 10.4 Å². The molecule has 0 aliphatic carbocycles. The largest absolute Gasteiger partial charge is 0.494 e. The van der Waals surface area contributed by atoms with E-state index in [9.17, 15) is 4.79 Å². The summed E-state index contributed by atoms with van der Waals surface area (Å²) in [5.74, 6) is 0.824. The van der Waals surface area contributed by atoms with Crippen molar-refractivity contribution in [2.24, 2.45) is 0 Å². The first kappa shape index (κ1) is 13.4. The molecule has 3 rings (SSSR count). The Morgan fingerprint density at radius 2 is 1.81 bits per heavy atom. The molecule has 21 heavy (non-hydrogen) atoms. The van der Waals surface area contributed by atoms with Crippen LogP contribution in [0.2, 0.25) is 0 Å². The maximum absolute atomic E-state index is 11.7. The number of aryl methyl sites for hydroxylation is 1. The van der Waals surface area contributed by atoms with Crippen LogP contribution in [0.25, 0.3) is 22.1 Å². The highest BCUT2D eigenvalue weighted by Gasteiger charge is 2.08. The molecule has 0 saturated carbocycles. The van der Waals surface area contributed by atoms with E-state index in [2.05, 4.69) is 0 Å². The van der Waals surface area contributed by atoms with Crippen molar-refractivity contribution in [3.8, 4) is 16.9 Å². The molecule has 0 spiro atoms. The lowest BCUT2D eigenvalue weighted by Gasteiger charge is -2.08. The third-order valence-corrected chi connectivity index (χ3v) is 3.37. The second-order valence-electron chi connectivity index (χ2n) is 4.94. The first-order chi connectivity index (χ1) is 10.2. The number of hydrogen-bond donors (Lipinski definition) is 0. The van der Waals surface area contributed by atoms with Crippen molar-refractivity contribution in [3.63, 3.8) is 0 Å². The predicted molar refractivity (Wildman–Crippen MR) is 83.8 cm³/mol. The Kier molecular flexibility index (Phi) is 3.48. The zero-order valence-corrected chi connectivity index (χ0v) is 12.1. The average Bonchev–Trinajstić information content (AvgIpc) is 2.48. The lowest BCUT2D eigenvalue weighted by atomic mass is 10.0. The molecule has 3 aromatic rings. The first-order valence-corrected chi connectivity index (χ1v) is 6.95. The van der Waals surface area contributed by atoms with Crippen LogP contribution in [0.4, 0.5) is 0 Å². The molecular formula is C18H16O3. The molecule has 0 fully saturated rings.